The molecule has 0 bridgehead atoms. The van der Waals surface area contributed by atoms with Crippen LogP contribution in [0.4, 0.5) is 0 Å². The minimum Gasteiger partial charge on any atom is -0.311 e. The summed E-state index contributed by atoms with van der Waals surface area (Å²) in [5.41, 5.74) is 0. The van der Waals surface area contributed by atoms with Gasteiger partial charge in [0.1, 0.15) is 0 Å². The molecule has 2 nitrogen and oxygen atoms in total. The number of hydrogen-bond donors (Lipinski definition) is 1. The summed E-state index contributed by atoms with van der Waals surface area (Å²) in [5, 5.41) is 3.72. The van der Waals surface area contributed by atoms with Gasteiger partial charge in [-0.25, -0.2) is 0 Å². The largest absolute Gasteiger partial charge is 0.311 e. The van der Waals surface area contributed by atoms with Crippen molar-refractivity contribution in [2.24, 2.45) is 11.8 Å². The minimum absolute atomic E-state index is 0.692. The normalized spacial score (nSPS) is 26.2. The van der Waals surface area contributed by atoms with Gasteiger partial charge in [0.15, 0.2) is 0 Å². The molecule has 108 valence electrons. The van der Waals surface area contributed by atoms with E-state index >= 15 is 0 Å². The molecular formula is C16H34N2. The number of unbranched alkanes of at least 4 members (excludes halogenated alkanes) is 1. The van der Waals surface area contributed by atoms with Gasteiger partial charge in [0.25, 0.3) is 0 Å². The van der Waals surface area contributed by atoms with Crippen molar-refractivity contribution in [1.82, 2.24) is 10.2 Å². The molecule has 0 amide bonds. The maximum absolute atomic E-state index is 3.72. The highest BCUT2D eigenvalue weighted by atomic mass is 15.2. The Morgan fingerprint density at radius 3 is 2.44 bits per heavy atom. The predicted octanol–water partition coefficient (Wildman–Crippen LogP) is 3.52. The molecule has 1 rings (SSSR count). The van der Waals surface area contributed by atoms with E-state index in [2.05, 4.69) is 44.8 Å². The third-order valence-electron chi connectivity index (χ3n) is 4.32. The quantitative estimate of drug-likeness (QED) is 0.699. The van der Waals surface area contributed by atoms with Gasteiger partial charge in [-0.05, 0) is 31.2 Å². The van der Waals surface area contributed by atoms with Crippen LogP contribution in [0.5, 0.6) is 0 Å². The van der Waals surface area contributed by atoms with Gasteiger partial charge in [-0.2, -0.15) is 0 Å². The van der Waals surface area contributed by atoms with Gasteiger partial charge in [0, 0.05) is 25.2 Å². The molecule has 0 saturated carbocycles. The summed E-state index contributed by atoms with van der Waals surface area (Å²) in [5.74, 6) is 1.61. The Kier molecular flexibility index (Phi) is 7.25. The molecule has 0 spiro atoms. The maximum atomic E-state index is 3.72. The van der Waals surface area contributed by atoms with Crippen LogP contribution >= 0.6 is 0 Å². The average molecular weight is 254 g/mol. The Morgan fingerprint density at radius 1 is 1.17 bits per heavy atom. The first-order valence-corrected chi connectivity index (χ1v) is 8.02. The van der Waals surface area contributed by atoms with Crippen LogP contribution in [0.15, 0.2) is 0 Å². The molecule has 1 aliphatic heterocycles. The van der Waals surface area contributed by atoms with E-state index in [0.29, 0.717) is 6.04 Å². The Balaban J connectivity index is 2.33. The van der Waals surface area contributed by atoms with E-state index in [4.69, 9.17) is 0 Å². The fourth-order valence-corrected chi connectivity index (χ4v) is 2.87. The Morgan fingerprint density at radius 2 is 1.89 bits per heavy atom. The number of hydrogen-bond acceptors (Lipinski definition) is 2. The van der Waals surface area contributed by atoms with Gasteiger partial charge in [-0.15, -0.1) is 0 Å². The lowest BCUT2D eigenvalue weighted by molar-refractivity contribution is 0.108. The van der Waals surface area contributed by atoms with Gasteiger partial charge in [0.2, 0.25) is 0 Å². The summed E-state index contributed by atoms with van der Waals surface area (Å²) in [6, 6.07) is 1.46. The van der Waals surface area contributed by atoms with Crippen molar-refractivity contribution >= 4 is 0 Å². The first-order valence-electron chi connectivity index (χ1n) is 8.02. The summed E-state index contributed by atoms with van der Waals surface area (Å²) in [4.78, 5) is 2.74. The van der Waals surface area contributed by atoms with Crippen LogP contribution in [0.1, 0.15) is 60.3 Å². The molecule has 2 unspecified atom stereocenters. The molecule has 18 heavy (non-hydrogen) atoms. The molecular weight excluding hydrogens is 220 g/mol. The fourth-order valence-electron chi connectivity index (χ4n) is 2.87. The van der Waals surface area contributed by atoms with Crippen LogP contribution in [-0.2, 0) is 0 Å². The van der Waals surface area contributed by atoms with E-state index < -0.39 is 0 Å². The SMILES string of the molecule is CCC1CNC(C(C)C)CN1CCCCC(C)C. The van der Waals surface area contributed by atoms with Crippen molar-refractivity contribution < 1.29 is 0 Å². The number of rotatable bonds is 7. The minimum atomic E-state index is 0.692. The van der Waals surface area contributed by atoms with E-state index in [1.54, 1.807) is 0 Å². The second-order valence-corrected chi connectivity index (χ2v) is 6.71. The van der Waals surface area contributed by atoms with Crippen LogP contribution in [0.25, 0.3) is 0 Å². The Hall–Kier alpha value is -0.0800. The third kappa shape index (κ3) is 5.27. The summed E-state index contributed by atoms with van der Waals surface area (Å²) < 4.78 is 0. The van der Waals surface area contributed by atoms with Crippen molar-refractivity contribution in [1.29, 1.82) is 0 Å². The lowest BCUT2D eigenvalue weighted by Crippen LogP contribution is -2.58. The van der Waals surface area contributed by atoms with E-state index in [1.807, 2.05) is 0 Å². The Bertz CT molecular complexity index is 213. The van der Waals surface area contributed by atoms with Gasteiger partial charge in [-0.3, -0.25) is 4.90 Å². The molecule has 1 heterocycles. The van der Waals surface area contributed by atoms with Crippen molar-refractivity contribution in [2.45, 2.75) is 72.4 Å². The molecule has 0 aromatic carbocycles. The maximum Gasteiger partial charge on any atom is 0.0218 e. The molecule has 2 atom stereocenters. The van der Waals surface area contributed by atoms with E-state index in [1.165, 1.54) is 45.3 Å². The second kappa shape index (κ2) is 8.16. The molecule has 1 saturated heterocycles. The van der Waals surface area contributed by atoms with Crippen LogP contribution < -0.4 is 5.32 Å². The Labute approximate surface area is 115 Å². The smallest absolute Gasteiger partial charge is 0.0218 e. The summed E-state index contributed by atoms with van der Waals surface area (Å²) in [6.45, 7) is 15.4. The topological polar surface area (TPSA) is 15.3 Å². The average Bonchev–Trinajstić information content (AvgIpc) is 2.34. The molecule has 0 aliphatic carbocycles. The number of piperazine rings is 1. The van der Waals surface area contributed by atoms with Crippen molar-refractivity contribution in [3.63, 3.8) is 0 Å². The zero-order valence-electron chi connectivity index (χ0n) is 13.2. The lowest BCUT2D eigenvalue weighted by Gasteiger charge is -2.41. The van der Waals surface area contributed by atoms with E-state index in [9.17, 15) is 0 Å². The van der Waals surface area contributed by atoms with Gasteiger partial charge >= 0.3 is 0 Å². The first kappa shape index (κ1) is 16.0. The fraction of sp³-hybridized carbons (Fsp3) is 1.00. The highest BCUT2D eigenvalue weighted by Gasteiger charge is 2.27. The zero-order valence-corrected chi connectivity index (χ0v) is 13.2. The van der Waals surface area contributed by atoms with Crippen molar-refractivity contribution in [3.05, 3.63) is 0 Å². The molecule has 2 heteroatoms. The first-order chi connectivity index (χ1) is 8.54. The predicted molar refractivity (Wildman–Crippen MR) is 81.0 cm³/mol. The monoisotopic (exact) mass is 254 g/mol. The molecule has 0 aromatic rings. The van der Waals surface area contributed by atoms with Gasteiger partial charge in [-0.1, -0.05) is 47.5 Å². The van der Waals surface area contributed by atoms with Gasteiger partial charge < -0.3 is 5.32 Å². The molecule has 1 N–H and O–H groups in total. The number of nitrogens with zero attached hydrogens (tertiary/aromatic N) is 1. The molecule has 1 fully saturated rings. The third-order valence-corrected chi connectivity index (χ3v) is 4.32. The summed E-state index contributed by atoms with van der Waals surface area (Å²) in [7, 11) is 0. The second-order valence-electron chi connectivity index (χ2n) is 6.71. The van der Waals surface area contributed by atoms with Crippen molar-refractivity contribution in [3.8, 4) is 0 Å². The van der Waals surface area contributed by atoms with Crippen molar-refractivity contribution in [2.75, 3.05) is 19.6 Å². The van der Waals surface area contributed by atoms with Crippen LogP contribution in [0.2, 0.25) is 0 Å². The summed E-state index contributed by atoms with van der Waals surface area (Å²) >= 11 is 0. The highest BCUT2D eigenvalue weighted by Crippen LogP contribution is 2.16. The summed E-state index contributed by atoms with van der Waals surface area (Å²) in [6.07, 6.45) is 5.43. The van der Waals surface area contributed by atoms with E-state index in [-0.39, 0.29) is 0 Å². The van der Waals surface area contributed by atoms with Gasteiger partial charge in [0.05, 0.1) is 0 Å². The zero-order chi connectivity index (χ0) is 13.5. The highest BCUT2D eigenvalue weighted by molar-refractivity contribution is 4.86. The van der Waals surface area contributed by atoms with Crippen LogP contribution in [0.3, 0.4) is 0 Å². The lowest BCUT2D eigenvalue weighted by atomic mass is 9.98. The molecule has 1 aliphatic rings. The molecule has 0 radical (unpaired) electrons. The van der Waals surface area contributed by atoms with Crippen LogP contribution in [-0.4, -0.2) is 36.6 Å². The van der Waals surface area contributed by atoms with E-state index in [0.717, 1.165) is 17.9 Å². The number of nitrogens with one attached hydrogen (secondary N) is 1. The standard InChI is InChI=1S/C16H34N2/c1-6-15-11-17-16(14(4)5)12-18(15)10-8-7-9-13(2)3/h13-17H,6-12H2,1-5H3. The van der Waals surface area contributed by atoms with Crippen LogP contribution in [0, 0.1) is 11.8 Å². The molecule has 0 aromatic heterocycles.